The van der Waals surface area contributed by atoms with Gasteiger partial charge in [0.1, 0.15) is 6.04 Å². The molecule has 0 aromatic carbocycles. The quantitative estimate of drug-likeness (QED) is 0.769. The third-order valence-corrected chi connectivity index (χ3v) is 4.16. The van der Waals surface area contributed by atoms with Crippen LogP contribution in [0.3, 0.4) is 0 Å². The van der Waals surface area contributed by atoms with Crippen molar-refractivity contribution >= 4 is 5.91 Å². The molecule has 2 N–H and O–H groups in total. The van der Waals surface area contributed by atoms with E-state index in [-0.39, 0.29) is 18.1 Å². The van der Waals surface area contributed by atoms with E-state index in [4.69, 9.17) is 4.74 Å². The molecule has 0 spiro atoms. The zero-order valence-electron chi connectivity index (χ0n) is 13.0. The van der Waals surface area contributed by atoms with Crippen LogP contribution < -0.4 is 10.6 Å². The molecule has 2 rings (SSSR count). The number of nitrogens with zero attached hydrogens (tertiary/aromatic N) is 1. The first-order chi connectivity index (χ1) is 9.56. The number of nitrogens with one attached hydrogen (secondary N) is 2. The fraction of sp³-hybridized carbons (Fsp3) is 0.933. The molecule has 2 heterocycles. The van der Waals surface area contributed by atoms with E-state index in [1.807, 2.05) is 6.92 Å². The molecule has 0 radical (unpaired) electrons. The lowest BCUT2D eigenvalue weighted by atomic mass is 10.1. The van der Waals surface area contributed by atoms with Gasteiger partial charge in [-0.25, -0.2) is 0 Å². The monoisotopic (exact) mass is 283 g/mol. The zero-order valence-corrected chi connectivity index (χ0v) is 13.0. The molecule has 2 aliphatic heterocycles. The smallest absolute Gasteiger partial charge is 0.239 e. The van der Waals surface area contributed by atoms with Crippen molar-refractivity contribution in [3.8, 4) is 0 Å². The summed E-state index contributed by atoms with van der Waals surface area (Å²) < 4.78 is 5.51. The SMILES string of the molecule is CC(C)CN1CCC(CNC(=O)[C@H]2NCCO[C@@H]2C)C1. The maximum atomic E-state index is 12.2. The topological polar surface area (TPSA) is 53.6 Å². The van der Waals surface area contributed by atoms with Crippen LogP contribution in [-0.4, -0.2) is 62.3 Å². The predicted molar refractivity (Wildman–Crippen MR) is 79.6 cm³/mol. The van der Waals surface area contributed by atoms with Gasteiger partial charge in [0, 0.05) is 26.2 Å². The molecule has 0 saturated carbocycles. The van der Waals surface area contributed by atoms with Crippen LogP contribution in [0.15, 0.2) is 0 Å². The third kappa shape index (κ3) is 4.43. The van der Waals surface area contributed by atoms with E-state index in [0.29, 0.717) is 18.4 Å². The number of carbonyl (C=O) groups is 1. The van der Waals surface area contributed by atoms with Crippen LogP contribution >= 0.6 is 0 Å². The first-order valence-electron chi connectivity index (χ1n) is 7.91. The number of ether oxygens (including phenoxy) is 1. The Hall–Kier alpha value is -0.650. The van der Waals surface area contributed by atoms with Gasteiger partial charge in [-0.15, -0.1) is 0 Å². The number of hydrogen-bond acceptors (Lipinski definition) is 4. The lowest BCUT2D eigenvalue weighted by Gasteiger charge is -2.29. The summed E-state index contributed by atoms with van der Waals surface area (Å²) in [7, 11) is 0. The Morgan fingerprint density at radius 3 is 3.00 bits per heavy atom. The van der Waals surface area contributed by atoms with Crippen molar-refractivity contribution in [2.75, 3.05) is 39.3 Å². The maximum Gasteiger partial charge on any atom is 0.239 e. The highest BCUT2D eigenvalue weighted by Crippen LogP contribution is 2.16. The summed E-state index contributed by atoms with van der Waals surface area (Å²) in [5.74, 6) is 1.39. The van der Waals surface area contributed by atoms with Crippen molar-refractivity contribution in [3.63, 3.8) is 0 Å². The highest BCUT2D eigenvalue weighted by molar-refractivity contribution is 5.82. The number of likely N-dealkylation sites (tertiary alicyclic amines) is 1. The Bertz CT molecular complexity index is 322. The minimum atomic E-state index is -0.197. The molecule has 2 saturated heterocycles. The third-order valence-electron chi connectivity index (χ3n) is 4.16. The Morgan fingerprint density at radius 2 is 2.30 bits per heavy atom. The van der Waals surface area contributed by atoms with Crippen molar-refractivity contribution in [2.45, 2.75) is 39.3 Å². The number of hydrogen-bond donors (Lipinski definition) is 2. The number of morpholine rings is 1. The van der Waals surface area contributed by atoms with Gasteiger partial charge in [-0.2, -0.15) is 0 Å². The molecule has 2 fully saturated rings. The molecule has 2 aliphatic rings. The van der Waals surface area contributed by atoms with E-state index in [0.717, 1.165) is 19.6 Å². The molecule has 3 atom stereocenters. The van der Waals surface area contributed by atoms with Crippen LogP contribution in [0, 0.1) is 11.8 Å². The van der Waals surface area contributed by atoms with Crippen molar-refractivity contribution in [1.29, 1.82) is 0 Å². The summed E-state index contributed by atoms with van der Waals surface area (Å²) in [4.78, 5) is 14.7. The van der Waals surface area contributed by atoms with Gasteiger partial charge in [0.05, 0.1) is 12.7 Å². The minimum Gasteiger partial charge on any atom is -0.375 e. The van der Waals surface area contributed by atoms with E-state index < -0.39 is 0 Å². The Morgan fingerprint density at radius 1 is 1.50 bits per heavy atom. The predicted octanol–water partition coefficient (Wildman–Crippen LogP) is 0.457. The molecule has 0 aromatic rings. The number of amides is 1. The van der Waals surface area contributed by atoms with Crippen LogP contribution in [0.25, 0.3) is 0 Å². The van der Waals surface area contributed by atoms with Crippen molar-refractivity contribution in [1.82, 2.24) is 15.5 Å². The summed E-state index contributed by atoms with van der Waals surface area (Å²) in [6.07, 6.45) is 1.15. The summed E-state index contributed by atoms with van der Waals surface area (Å²) in [5, 5.41) is 6.32. The summed E-state index contributed by atoms with van der Waals surface area (Å²) >= 11 is 0. The fourth-order valence-electron chi connectivity index (χ4n) is 3.14. The fourth-order valence-corrected chi connectivity index (χ4v) is 3.14. The van der Waals surface area contributed by atoms with Crippen molar-refractivity contribution < 1.29 is 9.53 Å². The highest BCUT2D eigenvalue weighted by Gasteiger charge is 2.29. The van der Waals surface area contributed by atoms with Gasteiger partial charge in [0.25, 0.3) is 0 Å². The number of rotatable bonds is 5. The average Bonchev–Trinajstić information content (AvgIpc) is 2.83. The van der Waals surface area contributed by atoms with Gasteiger partial charge in [-0.3, -0.25) is 4.79 Å². The van der Waals surface area contributed by atoms with Gasteiger partial charge >= 0.3 is 0 Å². The molecule has 1 unspecified atom stereocenters. The summed E-state index contributed by atoms with van der Waals surface area (Å²) in [6, 6.07) is -0.197. The van der Waals surface area contributed by atoms with E-state index in [1.165, 1.54) is 19.5 Å². The van der Waals surface area contributed by atoms with Crippen molar-refractivity contribution in [3.05, 3.63) is 0 Å². The second kappa shape index (κ2) is 7.38. The first-order valence-corrected chi connectivity index (χ1v) is 7.91. The second-order valence-corrected chi connectivity index (χ2v) is 6.56. The van der Waals surface area contributed by atoms with Gasteiger partial charge in [0.2, 0.25) is 5.91 Å². The van der Waals surface area contributed by atoms with E-state index in [2.05, 4.69) is 29.4 Å². The Kier molecular flexibility index (Phi) is 5.81. The van der Waals surface area contributed by atoms with Crippen molar-refractivity contribution in [2.24, 2.45) is 11.8 Å². The van der Waals surface area contributed by atoms with Gasteiger partial charge in [-0.05, 0) is 31.7 Å². The molecule has 0 bridgehead atoms. The molecule has 20 heavy (non-hydrogen) atoms. The van der Waals surface area contributed by atoms with Crippen LogP contribution in [-0.2, 0) is 9.53 Å². The normalized spacial score (nSPS) is 31.7. The largest absolute Gasteiger partial charge is 0.375 e. The molecule has 5 nitrogen and oxygen atoms in total. The van der Waals surface area contributed by atoms with Crippen LogP contribution in [0.4, 0.5) is 0 Å². The van der Waals surface area contributed by atoms with Gasteiger partial charge < -0.3 is 20.3 Å². The molecule has 116 valence electrons. The zero-order chi connectivity index (χ0) is 14.5. The number of carbonyl (C=O) groups excluding carboxylic acids is 1. The highest BCUT2D eigenvalue weighted by atomic mass is 16.5. The lowest BCUT2D eigenvalue weighted by Crippen LogP contribution is -2.56. The standard InChI is InChI=1S/C15H29N3O2/c1-11(2)9-18-6-4-13(10-18)8-17-15(19)14-12(3)20-7-5-16-14/h11-14,16H,4-10H2,1-3H3,(H,17,19)/t12-,13?,14+/m1/s1. The molecule has 0 aromatic heterocycles. The van der Waals surface area contributed by atoms with Gasteiger partial charge in [-0.1, -0.05) is 13.8 Å². The van der Waals surface area contributed by atoms with Gasteiger partial charge in [0.15, 0.2) is 0 Å². The average molecular weight is 283 g/mol. The van der Waals surface area contributed by atoms with Crippen LogP contribution in [0.1, 0.15) is 27.2 Å². The Balaban J connectivity index is 1.69. The molecular weight excluding hydrogens is 254 g/mol. The first kappa shape index (κ1) is 15.7. The van der Waals surface area contributed by atoms with Crippen LogP contribution in [0.2, 0.25) is 0 Å². The lowest BCUT2D eigenvalue weighted by molar-refractivity contribution is -0.129. The molecular formula is C15H29N3O2. The van der Waals surface area contributed by atoms with Crippen LogP contribution in [0.5, 0.6) is 0 Å². The van der Waals surface area contributed by atoms with E-state index >= 15 is 0 Å². The second-order valence-electron chi connectivity index (χ2n) is 6.56. The Labute approximate surface area is 122 Å². The summed E-state index contributed by atoms with van der Waals surface area (Å²) in [5.41, 5.74) is 0. The van der Waals surface area contributed by atoms with E-state index in [1.54, 1.807) is 0 Å². The summed E-state index contributed by atoms with van der Waals surface area (Å²) in [6.45, 7) is 12.2. The molecule has 1 amide bonds. The van der Waals surface area contributed by atoms with E-state index in [9.17, 15) is 4.79 Å². The molecule has 5 heteroatoms. The molecule has 0 aliphatic carbocycles. The maximum absolute atomic E-state index is 12.2. The minimum absolute atomic E-state index is 0.0373.